The average molecular weight is 360 g/mol. The van der Waals surface area contributed by atoms with Crippen molar-refractivity contribution in [1.82, 2.24) is 0 Å². The maximum absolute atomic E-state index is 6.02. The lowest BCUT2D eigenvalue weighted by molar-refractivity contribution is 0.202. The summed E-state index contributed by atoms with van der Waals surface area (Å²) in [5.74, 6) is 4.39. The minimum Gasteiger partial charge on any atom is -0.471 e. The zero-order valence-electron chi connectivity index (χ0n) is 15.4. The summed E-state index contributed by atoms with van der Waals surface area (Å²) in [5, 5.41) is 3.22. The smallest absolute Gasteiger partial charge is 0.269 e. The number of hydrogen-bond acceptors (Lipinski definition) is 3. The number of benzene rings is 1. The van der Waals surface area contributed by atoms with E-state index >= 15 is 0 Å². The van der Waals surface area contributed by atoms with E-state index in [0.29, 0.717) is 11.8 Å². The molecule has 2 rings (SSSR count). The van der Waals surface area contributed by atoms with Crippen LogP contribution >= 0.6 is 11.2 Å². The number of rotatable bonds is 4. The first kappa shape index (κ1) is 19.1. The van der Waals surface area contributed by atoms with E-state index in [1.807, 2.05) is 12.1 Å². The van der Waals surface area contributed by atoms with Crippen molar-refractivity contribution < 1.29 is 4.74 Å². The molecule has 4 heteroatoms. The maximum atomic E-state index is 6.02. The SMILES string of the molecule is Cc1cccc(N=C(C#CS[Si](C)(C)C)OCC2CCCCC2)c1. The van der Waals surface area contributed by atoms with Gasteiger partial charge in [-0.2, -0.15) is 0 Å². The van der Waals surface area contributed by atoms with Crippen molar-refractivity contribution in [2.45, 2.75) is 58.7 Å². The topological polar surface area (TPSA) is 21.6 Å². The normalized spacial score (nSPS) is 16.4. The average Bonchev–Trinajstić information content (AvgIpc) is 2.52. The van der Waals surface area contributed by atoms with Crippen LogP contribution in [0.25, 0.3) is 0 Å². The largest absolute Gasteiger partial charge is 0.471 e. The van der Waals surface area contributed by atoms with E-state index in [-0.39, 0.29) is 0 Å². The summed E-state index contributed by atoms with van der Waals surface area (Å²) in [7, 11) is -1.25. The Balaban J connectivity index is 2.07. The highest BCUT2D eigenvalue weighted by Crippen LogP contribution is 2.24. The van der Waals surface area contributed by atoms with Crippen LogP contribution in [0, 0.1) is 24.0 Å². The molecule has 1 aromatic carbocycles. The third kappa shape index (κ3) is 7.59. The molecule has 2 nitrogen and oxygen atoms in total. The Morgan fingerprint density at radius 1 is 1.25 bits per heavy atom. The molecule has 24 heavy (non-hydrogen) atoms. The van der Waals surface area contributed by atoms with E-state index in [9.17, 15) is 0 Å². The highest BCUT2D eigenvalue weighted by Gasteiger charge is 2.15. The standard InChI is InChI=1S/C20H29NOSSi/c1-17-9-8-12-19(15-17)21-20(13-14-23-24(2,3)4)22-16-18-10-6-5-7-11-18/h8-9,12,15,18H,5-7,10-11,16H2,1-4H3. The van der Waals surface area contributed by atoms with Crippen LogP contribution in [-0.4, -0.2) is 19.7 Å². The van der Waals surface area contributed by atoms with E-state index < -0.39 is 7.22 Å². The molecule has 0 bridgehead atoms. The van der Waals surface area contributed by atoms with Gasteiger partial charge in [0.15, 0.2) is 0 Å². The van der Waals surface area contributed by atoms with Gasteiger partial charge in [0.1, 0.15) is 7.22 Å². The Hall–Kier alpha value is -1.18. The number of ether oxygens (including phenoxy) is 1. The highest BCUT2D eigenvalue weighted by molar-refractivity contribution is 8.32. The molecule has 0 aliphatic heterocycles. The third-order valence-corrected chi connectivity index (χ3v) is 6.89. The van der Waals surface area contributed by atoms with Crippen LogP contribution in [0.4, 0.5) is 5.69 Å². The predicted octanol–water partition coefficient (Wildman–Crippen LogP) is 6.15. The predicted molar refractivity (Wildman–Crippen MR) is 110 cm³/mol. The fourth-order valence-electron chi connectivity index (χ4n) is 2.68. The molecule has 0 atom stereocenters. The number of nitrogens with zero attached hydrogens (tertiary/aromatic N) is 1. The van der Waals surface area contributed by atoms with Gasteiger partial charge in [-0.15, -0.1) is 11.2 Å². The fourth-order valence-corrected chi connectivity index (χ4v) is 4.20. The van der Waals surface area contributed by atoms with E-state index in [2.05, 4.69) is 54.9 Å². The third-order valence-electron chi connectivity index (χ3n) is 3.93. The van der Waals surface area contributed by atoms with E-state index in [0.717, 1.165) is 12.3 Å². The first-order valence-corrected chi connectivity index (χ1v) is 13.9. The second kappa shape index (κ2) is 9.34. The Bertz CT molecular complexity index is 619. The van der Waals surface area contributed by atoms with Crippen LogP contribution in [0.2, 0.25) is 19.6 Å². The molecule has 0 heterocycles. The molecule has 1 fully saturated rings. The quantitative estimate of drug-likeness (QED) is 0.278. The molecule has 1 saturated carbocycles. The van der Waals surface area contributed by atoms with Crippen LogP contribution in [0.1, 0.15) is 37.7 Å². The van der Waals surface area contributed by atoms with Gasteiger partial charge in [0.05, 0.1) is 12.3 Å². The van der Waals surface area contributed by atoms with Gasteiger partial charge in [-0.05, 0) is 48.6 Å². The second-order valence-electron chi connectivity index (χ2n) is 7.51. The van der Waals surface area contributed by atoms with Crippen LogP contribution in [0.5, 0.6) is 0 Å². The molecule has 1 aromatic rings. The highest BCUT2D eigenvalue weighted by atomic mass is 32.4. The van der Waals surface area contributed by atoms with Gasteiger partial charge >= 0.3 is 0 Å². The molecular weight excluding hydrogens is 330 g/mol. The Labute approximate surface area is 152 Å². The van der Waals surface area contributed by atoms with Gasteiger partial charge in [-0.25, -0.2) is 4.99 Å². The molecule has 0 amide bonds. The molecule has 0 unspecified atom stereocenters. The summed E-state index contributed by atoms with van der Waals surface area (Å²) >= 11 is 1.75. The molecular formula is C20H29NOSSi. The first-order chi connectivity index (χ1) is 11.4. The summed E-state index contributed by atoms with van der Waals surface area (Å²) in [6.07, 6.45) is 6.57. The lowest BCUT2D eigenvalue weighted by Crippen LogP contribution is -2.16. The number of aliphatic imine (C=N–C) groups is 1. The zero-order valence-corrected chi connectivity index (χ0v) is 17.2. The van der Waals surface area contributed by atoms with Crippen molar-refractivity contribution in [2.75, 3.05) is 6.61 Å². The zero-order chi connectivity index (χ0) is 17.4. The maximum Gasteiger partial charge on any atom is 0.269 e. The first-order valence-electron chi connectivity index (χ1n) is 8.89. The van der Waals surface area contributed by atoms with Gasteiger partial charge in [-0.3, -0.25) is 0 Å². The fraction of sp³-hybridized carbons (Fsp3) is 0.550. The molecule has 0 aromatic heterocycles. The van der Waals surface area contributed by atoms with Gasteiger partial charge < -0.3 is 4.74 Å². The van der Waals surface area contributed by atoms with Gasteiger partial charge in [0.2, 0.25) is 0 Å². The summed E-state index contributed by atoms with van der Waals surface area (Å²) in [5.41, 5.74) is 2.12. The lowest BCUT2D eigenvalue weighted by Gasteiger charge is -2.21. The molecule has 0 saturated heterocycles. The lowest BCUT2D eigenvalue weighted by atomic mass is 9.90. The van der Waals surface area contributed by atoms with Gasteiger partial charge in [0, 0.05) is 5.92 Å². The van der Waals surface area contributed by atoms with E-state index in [1.165, 1.54) is 37.7 Å². The Kier molecular flexibility index (Phi) is 7.45. The van der Waals surface area contributed by atoms with Crippen LogP contribution in [0.15, 0.2) is 29.3 Å². The van der Waals surface area contributed by atoms with Crippen LogP contribution in [-0.2, 0) is 4.74 Å². The Morgan fingerprint density at radius 3 is 2.67 bits per heavy atom. The van der Waals surface area contributed by atoms with Crippen LogP contribution < -0.4 is 0 Å². The van der Waals surface area contributed by atoms with Crippen molar-refractivity contribution in [2.24, 2.45) is 10.9 Å². The number of hydrogen-bond donors (Lipinski definition) is 0. The Morgan fingerprint density at radius 2 is 2.00 bits per heavy atom. The summed E-state index contributed by atoms with van der Waals surface area (Å²) in [6.45, 7) is 9.72. The molecule has 1 aliphatic rings. The summed E-state index contributed by atoms with van der Waals surface area (Å²) in [4.78, 5) is 4.65. The summed E-state index contributed by atoms with van der Waals surface area (Å²) < 4.78 is 6.02. The van der Waals surface area contributed by atoms with E-state index in [4.69, 9.17) is 4.74 Å². The molecule has 1 aliphatic carbocycles. The number of aryl methyl sites for hydroxylation is 1. The van der Waals surface area contributed by atoms with Crippen molar-refractivity contribution >= 4 is 30.0 Å². The van der Waals surface area contributed by atoms with Gasteiger partial charge in [0.25, 0.3) is 5.90 Å². The minimum atomic E-state index is -1.25. The van der Waals surface area contributed by atoms with Crippen molar-refractivity contribution in [3.63, 3.8) is 0 Å². The van der Waals surface area contributed by atoms with Crippen LogP contribution in [0.3, 0.4) is 0 Å². The second-order valence-corrected chi connectivity index (χ2v) is 16.4. The van der Waals surface area contributed by atoms with Gasteiger partial charge in [-0.1, -0.05) is 51.0 Å². The molecule has 130 valence electrons. The molecule has 0 spiro atoms. The van der Waals surface area contributed by atoms with Crippen molar-refractivity contribution in [3.8, 4) is 11.2 Å². The molecule has 0 N–H and O–H groups in total. The summed E-state index contributed by atoms with van der Waals surface area (Å²) in [6, 6.07) is 8.17. The monoisotopic (exact) mass is 359 g/mol. The minimum absolute atomic E-state index is 0.567. The van der Waals surface area contributed by atoms with Crippen molar-refractivity contribution in [1.29, 1.82) is 0 Å². The van der Waals surface area contributed by atoms with Crippen molar-refractivity contribution in [3.05, 3.63) is 29.8 Å². The van der Waals surface area contributed by atoms with E-state index in [1.54, 1.807) is 11.2 Å². The molecule has 0 radical (unpaired) electrons.